The first-order valence-corrected chi connectivity index (χ1v) is 5.02. The van der Waals surface area contributed by atoms with E-state index in [4.69, 9.17) is 27.9 Å². The molecule has 0 radical (unpaired) electrons. The summed E-state index contributed by atoms with van der Waals surface area (Å²) in [6.07, 6.45) is 0.792. The van der Waals surface area contributed by atoms with E-state index in [1.54, 1.807) is 6.07 Å². The highest BCUT2D eigenvalue weighted by Gasteiger charge is 2.08. The van der Waals surface area contributed by atoms with Crippen LogP contribution in [-0.4, -0.2) is 12.6 Å². The molecule has 0 fully saturated rings. The number of hydrogen-bond donors (Lipinski definition) is 0. The van der Waals surface area contributed by atoms with Gasteiger partial charge >= 0.3 is 5.97 Å². The van der Waals surface area contributed by atoms with Crippen molar-refractivity contribution in [3.8, 4) is 0 Å². The fraction of sp³-hybridized carbons (Fsp3) is 0.300. The zero-order chi connectivity index (χ0) is 10.6. The number of hydrogen-bond acceptors (Lipinski definition) is 2. The van der Waals surface area contributed by atoms with Gasteiger partial charge in [0.1, 0.15) is 0 Å². The van der Waals surface area contributed by atoms with E-state index in [0.29, 0.717) is 22.2 Å². The summed E-state index contributed by atoms with van der Waals surface area (Å²) < 4.78 is 4.93. The van der Waals surface area contributed by atoms with E-state index >= 15 is 0 Å². The second-order valence-corrected chi connectivity index (χ2v) is 3.67. The number of halogens is 2. The molecule has 0 spiro atoms. The van der Waals surface area contributed by atoms with Crippen molar-refractivity contribution in [2.45, 2.75) is 13.3 Å². The normalized spacial score (nSPS) is 9.93. The zero-order valence-electron chi connectivity index (χ0n) is 7.72. The fourth-order valence-corrected chi connectivity index (χ4v) is 1.48. The number of rotatable bonds is 3. The Hall–Kier alpha value is -0.730. The van der Waals surface area contributed by atoms with Gasteiger partial charge in [-0.3, -0.25) is 0 Å². The molecule has 0 saturated heterocycles. The number of benzene rings is 1. The van der Waals surface area contributed by atoms with Crippen molar-refractivity contribution in [3.05, 3.63) is 33.8 Å². The van der Waals surface area contributed by atoms with Crippen LogP contribution in [0.5, 0.6) is 0 Å². The van der Waals surface area contributed by atoms with Crippen molar-refractivity contribution < 1.29 is 9.53 Å². The lowest BCUT2D eigenvalue weighted by Crippen LogP contribution is -2.05. The summed E-state index contributed by atoms with van der Waals surface area (Å²) in [5, 5.41) is 0.863. The number of ether oxygens (including phenoxy) is 1. The van der Waals surface area contributed by atoms with Crippen LogP contribution < -0.4 is 0 Å². The Balaban J connectivity index is 2.79. The topological polar surface area (TPSA) is 26.3 Å². The first-order valence-electron chi connectivity index (χ1n) is 4.26. The van der Waals surface area contributed by atoms with Crippen LogP contribution in [0.15, 0.2) is 18.2 Å². The van der Waals surface area contributed by atoms with Crippen LogP contribution in [-0.2, 0) is 4.74 Å². The average molecular weight is 233 g/mol. The maximum absolute atomic E-state index is 11.4. The third kappa shape index (κ3) is 3.20. The van der Waals surface area contributed by atoms with Crippen molar-refractivity contribution in [3.63, 3.8) is 0 Å². The van der Waals surface area contributed by atoms with Gasteiger partial charge in [0.05, 0.1) is 12.2 Å². The highest BCUT2D eigenvalue weighted by molar-refractivity contribution is 6.35. The lowest BCUT2D eigenvalue weighted by Gasteiger charge is -2.03. The monoisotopic (exact) mass is 232 g/mol. The zero-order valence-corrected chi connectivity index (χ0v) is 9.23. The molecule has 0 aromatic heterocycles. The summed E-state index contributed by atoms with van der Waals surface area (Å²) in [7, 11) is 0. The van der Waals surface area contributed by atoms with E-state index in [-0.39, 0.29) is 0 Å². The van der Waals surface area contributed by atoms with Crippen molar-refractivity contribution in [2.24, 2.45) is 0 Å². The van der Waals surface area contributed by atoms with Gasteiger partial charge in [-0.15, -0.1) is 0 Å². The molecule has 14 heavy (non-hydrogen) atoms. The van der Waals surface area contributed by atoms with Crippen LogP contribution in [0.3, 0.4) is 0 Å². The maximum Gasteiger partial charge on any atom is 0.338 e. The first kappa shape index (κ1) is 11.3. The smallest absolute Gasteiger partial charge is 0.338 e. The minimum absolute atomic E-state index is 0.385. The SMILES string of the molecule is CCCOC(=O)c1cc(Cl)cc(Cl)c1. The van der Waals surface area contributed by atoms with E-state index in [9.17, 15) is 4.79 Å². The molecule has 0 aliphatic carbocycles. The molecular formula is C10H10Cl2O2. The Morgan fingerprint density at radius 3 is 2.36 bits per heavy atom. The maximum atomic E-state index is 11.4. The Kier molecular flexibility index (Phi) is 4.23. The van der Waals surface area contributed by atoms with Gasteiger partial charge in [0.25, 0.3) is 0 Å². The molecule has 1 aromatic carbocycles. The van der Waals surface area contributed by atoms with Gasteiger partial charge in [-0.1, -0.05) is 30.1 Å². The molecule has 4 heteroatoms. The summed E-state index contributed by atoms with van der Waals surface area (Å²) in [5.41, 5.74) is 0.385. The molecular weight excluding hydrogens is 223 g/mol. The third-order valence-electron chi connectivity index (χ3n) is 1.54. The second-order valence-electron chi connectivity index (χ2n) is 2.79. The Bertz CT molecular complexity index is 317. The standard InChI is InChI=1S/C10H10Cl2O2/c1-2-3-14-10(13)7-4-8(11)6-9(12)5-7/h4-6H,2-3H2,1H3. The van der Waals surface area contributed by atoms with Crippen molar-refractivity contribution in [1.82, 2.24) is 0 Å². The van der Waals surface area contributed by atoms with Crippen LogP contribution in [0.25, 0.3) is 0 Å². The molecule has 1 rings (SSSR count). The van der Waals surface area contributed by atoms with Gasteiger partial charge in [-0.25, -0.2) is 4.79 Å². The molecule has 1 aromatic rings. The lowest BCUT2D eigenvalue weighted by molar-refractivity contribution is 0.0505. The molecule has 0 atom stereocenters. The highest BCUT2D eigenvalue weighted by Crippen LogP contribution is 2.19. The van der Waals surface area contributed by atoms with E-state index in [1.807, 2.05) is 6.92 Å². The summed E-state index contributed by atoms with van der Waals surface area (Å²) >= 11 is 11.5. The third-order valence-corrected chi connectivity index (χ3v) is 1.97. The summed E-state index contributed by atoms with van der Waals surface area (Å²) in [6.45, 7) is 2.33. The molecule has 0 bridgehead atoms. The van der Waals surface area contributed by atoms with Crippen molar-refractivity contribution >= 4 is 29.2 Å². The minimum atomic E-state index is -0.392. The van der Waals surface area contributed by atoms with E-state index in [2.05, 4.69) is 0 Å². The van der Waals surface area contributed by atoms with Crippen LogP contribution in [0, 0.1) is 0 Å². The predicted octanol–water partition coefficient (Wildman–Crippen LogP) is 3.56. The lowest BCUT2D eigenvalue weighted by atomic mass is 10.2. The largest absolute Gasteiger partial charge is 0.462 e. The molecule has 0 heterocycles. The Morgan fingerprint density at radius 2 is 1.86 bits per heavy atom. The second kappa shape index (κ2) is 5.23. The minimum Gasteiger partial charge on any atom is -0.462 e. The average Bonchev–Trinajstić information content (AvgIpc) is 2.12. The molecule has 0 aliphatic rings. The predicted molar refractivity (Wildman–Crippen MR) is 57.0 cm³/mol. The highest BCUT2D eigenvalue weighted by atomic mass is 35.5. The van der Waals surface area contributed by atoms with Gasteiger partial charge < -0.3 is 4.74 Å². The van der Waals surface area contributed by atoms with E-state index in [1.165, 1.54) is 12.1 Å². The Morgan fingerprint density at radius 1 is 1.29 bits per heavy atom. The van der Waals surface area contributed by atoms with Crippen LogP contribution in [0.1, 0.15) is 23.7 Å². The first-order chi connectivity index (χ1) is 6.63. The van der Waals surface area contributed by atoms with Gasteiger partial charge in [0.15, 0.2) is 0 Å². The fourth-order valence-electron chi connectivity index (χ4n) is 0.950. The molecule has 0 unspecified atom stereocenters. The van der Waals surface area contributed by atoms with Crippen molar-refractivity contribution in [2.75, 3.05) is 6.61 Å². The van der Waals surface area contributed by atoms with Crippen LogP contribution >= 0.6 is 23.2 Å². The van der Waals surface area contributed by atoms with Crippen molar-refractivity contribution in [1.29, 1.82) is 0 Å². The van der Waals surface area contributed by atoms with Gasteiger partial charge in [0, 0.05) is 10.0 Å². The summed E-state index contributed by atoms with van der Waals surface area (Å²) in [6, 6.07) is 4.64. The molecule has 76 valence electrons. The molecule has 0 aliphatic heterocycles. The number of carbonyl (C=O) groups is 1. The molecule has 0 saturated carbocycles. The van der Waals surface area contributed by atoms with E-state index < -0.39 is 5.97 Å². The molecule has 2 nitrogen and oxygen atoms in total. The van der Waals surface area contributed by atoms with Crippen LogP contribution in [0.2, 0.25) is 10.0 Å². The molecule has 0 N–H and O–H groups in total. The summed E-state index contributed by atoms with van der Waals surface area (Å²) in [5.74, 6) is -0.392. The quantitative estimate of drug-likeness (QED) is 0.746. The summed E-state index contributed by atoms with van der Waals surface area (Å²) in [4.78, 5) is 11.4. The van der Waals surface area contributed by atoms with E-state index in [0.717, 1.165) is 6.42 Å². The number of esters is 1. The van der Waals surface area contributed by atoms with Gasteiger partial charge in [0.2, 0.25) is 0 Å². The van der Waals surface area contributed by atoms with Crippen LogP contribution in [0.4, 0.5) is 0 Å². The molecule has 0 amide bonds. The number of carbonyl (C=O) groups excluding carboxylic acids is 1. The van der Waals surface area contributed by atoms with Gasteiger partial charge in [-0.2, -0.15) is 0 Å². The Labute approximate surface area is 92.8 Å². The van der Waals surface area contributed by atoms with Gasteiger partial charge in [-0.05, 0) is 24.6 Å².